The fourth-order valence-corrected chi connectivity index (χ4v) is 2.74. The van der Waals surface area contributed by atoms with Crippen LogP contribution in [0.3, 0.4) is 0 Å². The first kappa shape index (κ1) is 17.9. The SMILES string of the molecule is Cc1cccc(OCCC(=O)Nc2cnc3c(cnn3C(C)C)c2)c1C. The number of hydrogen-bond acceptors (Lipinski definition) is 4. The number of carbonyl (C=O) groups excluding carboxylic acids is 1. The molecule has 3 rings (SSSR count). The Labute approximate surface area is 153 Å². The molecule has 0 aliphatic carbocycles. The highest BCUT2D eigenvalue weighted by Gasteiger charge is 2.10. The lowest BCUT2D eigenvalue weighted by atomic mass is 10.1. The number of amides is 1. The number of nitrogens with zero attached hydrogens (tertiary/aromatic N) is 3. The summed E-state index contributed by atoms with van der Waals surface area (Å²) in [6.07, 6.45) is 3.70. The lowest BCUT2D eigenvalue weighted by Gasteiger charge is -2.11. The van der Waals surface area contributed by atoms with Crippen LogP contribution in [0.1, 0.15) is 37.4 Å². The van der Waals surface area contributed by atoms with Crippen LogP contribution in [0, 0.1) is 13.8 Å². The van der Waals surface area contributed by atoms with E-state index in [1.807, 2.05) is 42.8 Å². The summed E-state index contributed by atoms with van der Waals surface area (Å²) in [6, 6.07) is 8.04. The molecular formula is C20H24N4O2. The summed E-state index contributed by atoms with van der Waals surface area (Å²) >= 11 is 0. The Morgan fingerprint density at radius 2 is 2.08 bits per heavy atom. The van der Waals surface area contributed by atoms with E-state index < -0.39 is 0 Å². The van der Waals surface area contributed by atoms with E-state index in [4.69, 9.17) is 4.74 Å². The Morgan fingerprint density at radius 1 is 1.27 bits per heavy atom. The van der Waals surface area contributed by atoms with Gasteiger partial charge >= 0.3 is 0 Å². The number of hydrogen-bond donors (Lipinski definition) is 1. The second kappa shape index (κ2) is 7.56. The van der Waals surface area contributed by atoms with Crippen LogP contribution in [0.15, 0.2) is 36.7 Å². The normalized spacial score (nSPS) is 11.1. The number of nitrogens with one attached hydrogen (secondary N) is 1. The summed E-state index contributed by atoms with van der Waals surface area (Å²) in [5.74, 6) is 0.717. The molecule has 1 aromatic carbocycles. The van der Waals surface area contributed by atoms with Gasteiger partial charge < -0.3 is 10.1 Å². The second-order valence-corrected chi connectivity index (χ2v) is 6.66. The maximum atomic E-state index is 12.2. The second-order valence-electron chi connectivity index (χ2n) is 6.66. The van der Waals surface area contributed by atoms with Gasteiger partial charge in [0.2, 0.25) is 5.91 Å². The minimum absolute atomic E-state index is 0.104. The quantitative estimate of drug-likeness (QED) is 0.727. The number of fused-ring (bicyclic) bond motifs is 1. The summed E-state index contributed by atoms with van der Waals surface area (Å²) in [4.78, 5) is 16.6. The minimum atomic E-state index is -0.104. The van der Waals surface area contributed by atoms with E-state index in [-0.39, 0.29) is 18.4 Å². The van der Waals surface area contributed by atoms with E-state index in [0.717, 1.165) is 22.3 Å². The molecule has 0 saturated heterocycles. The molecule has 26 heavy (non-hydrogen) atoms. The minimum Gasteiger partial charge on any atom is -0.493 e. The number of carbonyl (C=O) groups is 1. The molecule has 0 spiro atoms. The van der Waals surface area contributed by atoms with Gasteiger partial charge in [-0.1, -0.05) is 12.1 Å². The van der Waals surface area contributed by atoms with Crippen molar-refractivity contribution in [3.63, 3.8) is 0 Å². The van der Waals surface area contributed by atoms with Gasteiger partial charge in [0, 0.05) is 11.4 Å². The van der Waals surface area contributed by atoms with Crippen molar-refractivity contribution in [1.82, 2.24) is 14.8 Å². The van der Waals surface area contributed by atoms with E-state index in [1.54, 1.807) is 12.4 Å². The molecule has 3 aromatic rings. The Bertz CT molecular complexity index is 931. The fraction of sp³-hybridized carbons (Fsp3) is 0.350. The molecule has 0 bridgehead atoms. The van der Waals surface area contributed by atoms with Crippen LogP contribution < -0.4 is 10.1 Å². The van der Waals surface area contributed by atoms with Gasteiger partial charge in [-0.25, -0.2) is 9.67 Å². The highest BCUT2D eigenvalue weighted by Crippen LogP contribution is 2.21. The van der Waals surface area contributed by atoms with Gasteiger partial charge in [0.25, 0.3) is 0 Å². The molecule has 0 saturated carbocycles. The third kappa shape index (κ3) is 3.85. The summed E-state index contributed by atoms with van der Waals surface area (Å²) in [5, 5.41) is 8.11. The van der Waals surface area contributed by atoms with Crippen LogP contribution in [0.5, 0.6) is 5.75 Å². The first-order chi connectivity index (χ1) is 12.5. The lowest BCUT2D eigenvalue weighted by Crippen LogP contribution is -2.15. The molecule has 0 unspecified atom stereocenters. The van der Waals surface area contributed by atoms with E-state index >= 15 is 0 Å². The standard InChI is InChI=1S/C20H24N4O2/c1-13(2)24-20-16(11-22-24)10-17(12-21-20)23-19(25)8-9-26-18-7-5-6-14(3)15(18)4/h5-7,10-13H,8-9H2,1-4H3,(H,23,25). The van der Waals surface area contributed by atoms with Gasteiger partial charge in [-0.15, -0.1) is 0 Å². The molecule has 0 aliphatic heterocycles. The number of pyridine rings is 1. The van der Waals surface area contributed by atoms with Crippen molar-refractivity contribution in [2.75, 3.05) is 11.9 Å². The predicted octanol–water partition coefficient (Wildman–Crippen LogP) is 4.04. The zero-order chi connectivity index (χ0) is 18.7. The maximum Gasteiger partial charge on any atom is 0.227 e. The zero-order valence-corrected chi connectivity index (χ0v) is 15.6. The molecule has 1 N–H and O–H groups in total. The van der Waals surface area contributed by atoms with Crippen LogP contribution in [0.25, 0.3) is 11.0 Å². The maximum absolute atomic E-state index is 12.2. The monoisotopic (exact) mass is 352 g/mol. The van der Waals surface area contributed by atoms with Gasteiger partial charge in [0.15, 0.2) is 5.65 Å². The van der Waals surface area contributed by atoms with E-state index in [9.17, 15) is 4.79 Å². The molecule has 6 nitrogen and oxygen atoms in total. The summed E-state index contributed by atoms with van der Waals surface area (Å²) in [6.45, 7) is 8.50. The van der Waals surface area contributed by atoms with Gasteiger partial charge in [-0.2, -0.15) is 5.10 Å². The lowest BCUT2D eigenvalue weighted by molar-refractivity contribution is -0.116. The van der Waals surface area contributed by atoms with Crippen molar-refractivity contribution >= 4 is 22.6 Å². The Hall–Kier alpha value is -2.89. The van der Waals surface area contributed by atoms with E-state index in [2.05, 4.69) is 29.2 Å². The fourth-order valence-electron chi connectivity index (χ4n) is 2.74. The number of aryl methyl sites for hydroxylation is 1. The number of ether oxygens (including phenoxy) is 1. The van der Waals surface area contributed by atoms with Crippen LogP contribution >= 0.6 is 0 Å². The Morgan fingerprint density at radius 3 is 2.85 bits per heavy atom. The molecule has 1 amide bonds. The highest BCUT2D eigenvalue weighted by molar-refractivity contribution is 5.92. The molecule has 0 radical (unpaired) electrons. The molecule has 2 heterocycles. The molecule has 136 valence electrons. The van der Waals surface area contributed by atoms with Crippen LogP contribution in [-0.2, 0) is 4.79 Å². The summed E-state index contributed by atoms with van der Waals surface area (Å²) in [7, 11) is 0. The van der Waals surface area contributed by atoms with Crippen LogP contribution in [-0.4, -0.2) is 27.3 Å². The van der Waals surface area contributed by atoms with Crippen molar-refractivity contribution < 1.29 is 9.53 Å². The number of aromatic nitrogens is 3. The van der Waals surface area contributed by atoms with Crippen molar-refractivity contribution in [2.24, 2.45) is 0 Å². The number of anilines is 1. The first-order valence-corrected chi connectivity index (χ1v) is 8.78. The number of rotatable bonds is 6. The molecule has 2 aromatic heterocycles. The predicted molar refractivity (Wildman–Crippen MR) is 103 cm³/mol. The molecular weight excluding hydrogens is 328 g/mol. The van der Waals surface area contributed by atoms with E-state index in [1.165, 1.54) is 5.56 Å². The van der Waals surface area contributed by atoms with Crippen molar-refractivity contribution in [3.8, 4) is 5.75 Å². The van der Waals surface area contributed by atoms with Crippen molar-refractivity contribution in [2.45, 2.75) is 40.2 Å². The number of benzene rings is 1. The molecule has 0 aliphatic rings. The summed E-state index contributed by atoms with van der Waals surface area (Å²) in [5.41, 5.74) is 3.76. The van der Waals surface area contributed by atoms with Crippen LogP contribution in [0.4, 0.5) is 5.69 Å². The highest BCUT2D eigenvalue weighted by atomic mass is 16.5. The largest absolute Gasteiger partial charge is 0.493 e. The average molecular weight is 352 g/mol. The van der Waals surface area contributed by atoms with Gasteiger partial charge in [0.1, 0.15) is 5.75 Å². The molecule has 0 fully saturated rings. The topological polar surface area (TPSA) is 69.0 Å². The first-order valence-electron chi connectivity index (χ1n) is 8.78. The Balaban J connectivity index is 1.58. The zero-order valence-electron chi connectivity index (χ0n) is 15.6. The van der Waals surface area contributed by atoms with Crippen molar-refractivity contribution in [3.05, 3.63) is 47.8 Å². The molecule has 6 heteroatoms. The smallest absolute Gasteiger partial charge is 0.227 e. The van der Waals surface area contributed by atoms with Crippen LogP contribution in [0.2, 0.25) is 0 Å². The van der Waals surface area contributed by atoms with Gasteiger partial charge in [0.05, 0.1) is 31.1 Å². The third-order valence-corrected chi connectivity index (χ3v) is 4.35. The average Bonchev–Trinajstić information content (AvgIpc) is 3.02. The van der Waals surface area contributed by atoms with Crippen molar-refractivity contribution in [1.29, 1.82) is 0 Å². The van der Waals surface area contributed by atoms with Gasteiger partial charge in [-0.3, -0.25) is 4.79 Å². The van der Waals surface area contributed by atoms with Gasteiger partial charge in [-0.05, 0) is 51.0 Å². The molecule has 0 atom stereocenters. The third-order valence-electron chi connectivity index (χ3n) is 4.35. The van der Waals surface area contributed by atoms with E-state index in [0.29, 0.717) is 12.3 Å². The Kier molecular flexibility index (Phi) is 5.21. The summed E-state index contributed by atoms with van der Waals surface area (Å²) < 4.78 is 7.60.